The van der Waals surface area contributed by atoms with E-state index in [1.54, 1.807) is 18.1 Å². The molecule has 0 N–H and O–H groups in total. The van der Waals surface area contributed by atoms with Crippen molar-refractivity contribution in [3.05, 3.63) is 77.6 Å². The highest BCUT2D eigenvalue weighted by Crippen LogP contribution is 2.52. The average Bonchev–Trinajstić information content (AvgIpc) is 3.37. The van der Waals surface area contributed by atoms with Gasteiger partial charge in [-0.2, -0.15) is 0 Å². The van der Waals surface area contributed by atoms with Gasteiger partial charge in [0.2, 0.25) is 11.8 Å². The van der Waals surface area contributed by atoms with Crippen molar-refractivity contribution in [3.63, 3.8) is 0 Å². The highest BCUT2D eigenvalue weighted by atomic mass is 16.5. The van der Waals surface area contributed by atoms with E-state index in [1.165, 1.54) is 5.56 Å². The van der Waals surface area contributed by atoms with Crippen molar-refractivity contribution in [1.29, 1.82) is 0 Å². The lowest BCUT2D eigenvalue weighted by Gasteiger charge is -2.27. The monoisotopic (exact) mass is 403 g/mol. The molecule has 6 heteroatoms. The minimum absolute atomic E-state index is 0.00735. The van der Waals surface area contributed by atoms with Crippen LogP contribution in [0, 0.1) is 18.8 Å². The summed E-state index contributed by atoms with van der Waals surface area (Å²) in [5.41, 5.74) is 2.39. The number of amides is 2. The molecule has 2 saturated heterocycles. The summed E-state index contributed by atoms with van der Waals surface area (Å²) in [4.78, 5) is 34.5. The SMILES string of the molecule is Cc1cccc(CN2C[C@]34C=C[C@H](O3)[C@H](C(=O)N(C)Cc3ccccn3)[C@@H]4C2=O)c1. The Bertz CT molecular complexity index is 1020. The fraction of sp³-hybridized carbons (Fsp3) is 0.375. The van der Waals surface area contributed by atoms with Crippen LogP contribution in [0.4, 0.5) is 0 Å². The van der Waals surface area contributed by atoms with E-state index in [2.05, 4.69) is 11.1 Å². The second-order valence-electron chi connectivity index (χ2n) is 8.60. The van der Waals surface area contributed by atoms with E-state index in [0.29, 0.717) is 19.6 Å². The molecule has 1 aromatic carbocycles. The number of likely N-dealkylation sites (tertiary alicyclic amines) is 1. The van der Waals surface area contributed by atoms with Gasteiger partial charge >= 0.3 is 0 Å². The lowest BCUT2D eigenvalue weighted by atomic mass is 9.76. The van der Waals surface area contributed by atoms with Crippen LogP contribution < -0.4 is 0 Å². The molecule has 6 nitrogen and oxygen atoms in total. The van der Waals surface area contributed by atoms with Gasteiger partial charge in [-0.3, -0.25) is 14.6 Å². The number of carbonyl (C=O) groups is 2. The highest BCUT2D eigenvalue weighted by Gasteiger charge is 2.67. The molecule has 0 aliphatic carbocycles. The van der Waals surface area contributed by atoms with E-state index in [-0.39, 0.29) is 17.9 Å². The van der Waals surface area contributed by atoms with Gasteiger partial charge in [-0.15, -0.1) is 0 Å². The number of ether oxygens (including phenoxy) is 1. The first-order valence-electron chi connectivity index (χ1n) is 10.3. The van der Waals surface area contributed by atoms with E-state index in [9.17, 15) is 9.59 Å². The number of carbonyl (C=O) groups excluding carboxylic acids is 2. The molecule has 154 valence electrons. The fourth-order valence-electron chi connectivity index (χ4n) is 5.09. The Morgan fingerprint density at radius 3 is 2.93 bits per heavy atom. The summed E-state index contributed by atoms with van der Waals surface area (Å²) in [6, 6.07) is 13.8. The first-order valence-corrected chi connectivity index (χ1v) is 10.3. The zero-order valence-electron chi connectivity index (χ0n) is 17.2. The Balaban J connectivity index is 1.36. The highest BCUT2D eigenvalue weighted by molar-refractivity contribution is 5.93. The van der Waals surface area contributed by atoms with Gasteiger partial charge in [0.15, 0.2) is 0 Å². The maximum atomic E-state index is 13.4. The number of hydrogen-bond acceptors (Lipinski definition) is 4. The molecule has 0 radical (unpaired) electrons. The summed E-state index contributed by atoms with van der Waals surface area (Å²) in [6.45, 7) is 3.48. The molecule has 5 rings (SSSR count). The second kappa shape index (κ2) is 7.06. The van der Waals surface area contributed by atoms with Gasteiger partial charge in [0.05, 0.1) is 36.7 Å². The molecule has 4 heterocycles. The van der Waals surface area contributed by atoms with Gasteiger partial charge < -0.3 is 14.5 Å². The maximum absolute atomic E-state index is 13.4. The Hall–Kier alpha value is -2.99. The Morgan fingerprint density at radius 2 is 2.17 bits per heavy atom. The van der Waals surface area contributed by atoms with Crippen molar-refractivity contribution in [2.45, 2.75) is 31.7 Å². The van der Waals surface area contributed by atoms with Crippen LogP contribution >= 0.6 is 0 Å². The lowest BCUT2D eigenvalue weighted by Crippen LogP contribution is -2.44. The normalized spacial score (nSPS) is 28.8. The van der Waals surface area contributed by atoms with Crippen molar-refractivity contribution in [2.24, 2.45) is 11.8 Å². The summed E-state index contributed by atoms with van der Waals surface area (Å²) in [7, 11) is 1.77. The lowest BCUT2D eigenvalue weighted by molar-refractivity contribution is -0.142. The van der Waals surface area contributed by atoms with Crippen molar-refractivity contribution in [1.82, 2.24) is 14.8 Å². The van der Waals surface area contributed by atoms with Crippen LogP contribution in [0.1, 0.15) is 16.8 Å². The predicted octanol–water partition coefficient (Wildman–Crippen LogP) is 2.33. The molecule has 1 aromatic heterocycles. The number of rotatable bonds is 5. The fourth-order valence-corrected chi connectivity index (χ4v) is 5.09. The Kier molecular flexibility index (Phi) is 4.47. The van der Waals surface area contributed by atoms with Gasteiger partial charge in [0, 0.05) is 19.8 Å². The third kappa shape index (κ3) is 3.03. The summed E-state index contributed by atoms with van der Waals surface area (Å²) >= 11 is 0. The van der Waals surface area contributed by atoms with Crippen LogP contribution in [-0.2, 0) is 27.4 Å². The largest absolute Gasteiger partial charge is 0.360 e. The Morgan fingerprint density at radius 1 is 1.30 bits per heavy atom. The van der Waals surface area contributed by atoms with Gasteiger partial charge in [-0.1, -0.05) is 48.0 Å². The van der Waals surface area contributed by atoms with Crippen LogP contribution in [0.15, 0.2) is 60.8 Å². The van der Waals surface area contributed by atoms with E-state index < -0.39 is 17.4 Å². The number of nitrogens with zero attached hydrogens (tertiary/aromatic N) is 3. The quantitative estimate of drug-likeness (QED) is 0.719. The summed E-state index contributed by atoms with van der Waals surface area (Å²) in [6.07, 6.45) is 5.34. The molecule has 4 atom stereocenters. The number of benzene rings is 1. The van der Waals surface area contributed by atoms with Gasteiger partial charge in [0.1, 0.15) is 5.60 Å². The molecular weight excluding hydrogens is 378 g/mol. The van der Waals surface area contributed by atoms with Gasteiger partial charge in [0.25, 0.3) is 0 Å². The molecule has 0 saturated carbocycles. The van der Waals surface area contributed by atoms with Crippen molar-refractivity contribution in [3.8, 4) is 0 Å². The minimum atomic E-state index is -0.683. The van der Waals surface area contributed by atoms with E-state index >= 15 is 0 Å². The number of fused-ring (bicyclic) bond motifs is 1. The molecule has 0 unspecified atom stereocenters. The molecule has 2 bridgehead atoms. The van der Waals surface area contributed by atoms with E-state index in [4.69, 9.17) is 4.74 Å². The average molecular weight is 403 g/mol. The van der Waals surface area contributed by atoms with Crippen molar-refractivity contribution >= 4 is 11.8 Å². The van der Waals surface area contributed by atoms with E-state index in [0.717, 1.165) is 11.3 Å². The molecule has 2 amide bonds. The molecule has 3 aliphatic heterocycles. The molecule has 3 aliphatic rings. The number of aromatic nitrogens is 1. The summed E-state index contributed by atoms with van der Waals surface area (Å²) in [5.74, 6) is -1.00. The predicted molar refractivity (Wildman–Crippen MR) is 111 cm³/mol. The van der Waals surface area contributed by atoms with Gasteiger partial charge in [-0.05, 0) is 24.6 Å². The minimum Gasteiger partial charge on any atom is -0.360 e. The van der Waals surface area contributed by atoms with Crippen LogP contribution in [-0.4, -0.2) is 51.9 Å². The first kappa shape index (κ1) is 19.0. The van der Waals surface area contributed by atoms with Crippen LogP contribution in [0.3, 0.4) is 0 Å². The Labute approximate surface area is 176 Å². The number of hydrogen-bond donors (Lipinski definition) is 0. The summed E-state index contributed by atoms with van der Waals surface area (Å²) in [5, 5.41) is 0. The molecule has 1 spiro atoms. The molecule has 2 aromatic rings. The number of pyridine rings is 1. The number of aryl methyl sites for hydroxylation is 1. The van der Waals surface area contributed by atoms with Crippen LogP contribution in [0.2, 0.25) is 0 Å². The standard InChI is InChI=1S/C24H25N3O3/c1-16-6-5-7-17(12-16)13-27-15-24-10-9-19(30-24)20(21(24)23(27)29)22(28)26(2)14-18-8-3-4-11-25-18/h3-12,19-21H,13-15H2,1-2H3/t19-,20-,21+,24-/m0/s1. The third-order valence-corrected chi connectivity index (χ3v) is 6.42. The van der Waals surface area contributed by atoms with Crippen molar-refractivity contribution < 1.29 is 14.3 Å². The van der Waals surface area contributed by atoms with Crippen LogP contribution in [0.5, 0.6) is 0 Å². The molecule has 30 heavy (non-hydrogen) atoms. The first-order chi connectivity index (χ1) is 14.5. The smallest absolute Gasteiger partial charge is 0.230 e. The zero-order valence-corrected chi connectivity index (χ0v) is 17.2. The van der Waals surface area contributed by atoms with E-state index in [1.807, 2.05) is 60.4 Å². The van der Waals surface area contributed by atoms with Crippen LogP contribution in [0.25, 0.3) is 0 Å². The van der Waals surface area contributed by atoms with Crippen molar-refractivity contribution in [2.75, 3.05) is 13.6 Å². The third-order valence-electron chi connectivity index (χ3n) is 6.42. The topological polar surface area (TPSA) is 62.7 Å². The maximum Gasteiger partial charge on any atom is 0.230 e. The summed E-state index contributed by atoms with van der Waals surface area (Å²) < 4.78 is 6.24. The van der Waals surface area contributed by atoms with Gasteiger partial charge in [-0.25, -0.2) is 0 Å². The molecular formula is C24H25N3O3. The second-order valence-corrected chi connectivity index (χ2v) is 8.60. The molecule has 2 fully saturated rings. The zero-order chi connectivity index (χ0) is 20.9.